The summed E-state index contributed by atoms with van der Waals surface area (Å²) in [5, 5.41) is 3.44. The van der Waals surface area contributed by atoms with Gasteiger partial charge >= 0.3 is 0 Å². The van der Waals surface area contributed by atoms with Crippen LogP contribution in [-0.2, 0) is 6.42 Å². The number of fused-ring (bicyclic) bond motifs is 1. The molecule has 0 atom stereocenters. The number of benzene rings is 1. The summed E-state index contributed by atoms with van der Waals surface area (Å²) in [6.45, 7) is 4.30. The topological polar surface area (TPSA) is 24.5 Å². The van der Waals surface area contributed by atoms with Crippen LogP contribution in [0.15, 0.2) is 18.2 Å². The number of hydrogen-bond acceptors (Lipinski definition) is 3. The molecule has 0 unspecified atom stereocenters. The maximum Gasteiger partial charge on any atom is 0.124 e. The number of nitrogens with zero attached hydrogens (tertiary/aromatic N) is 1. The average molecular weight is 232 g/mol. The third-order valence-electron chi connectivity index (χ3n) is 3.67. The Kier molecular flexibility index (Phi) is 2.93. The molecule has 2 aliphatic heterocycles. The van der Waals surface area contributed by atoms with E-state index in [2.05, 4.69) is 35.5 Å². The Morgan fingerprint density at radius 1 is 1.41 bits per heavy atom. The fourth-order valence-electron chi connectivity index (χ4n) is 2.75. The van der Waals surface area contributed by atoms with Crippen LogP contribution in [0, 0.1) is 5.92 Å². The van der Waals surface area contributed by atoms with Gasteiger partial charge in [-0.2, -0.15) is 0 Å². The first-order valence-electron chi connectivity index (χ1n) is 6.50. The highest BCUT2D eigenvalue weighted by molar-refractivity contribution is 5.59. The van der Waals surface area contributed by atoms with Crippen molar-refractivity contribution < 1.29 is 4.74 Å². The molecule has 0 radical (unpaired) electrons. The molecule has 3 nitrogen and oxygen atoms in total. The molecule has 92 valence electrons. The number of ether oxygens (including phenoxy) is 1. The van der Waals surface area contributed by atoms with Crippen LogP contribution in [0.2, 0.25) is 0 Å². The smallest absolute Gasteiger partial charge is 0.124 e. The van der Waals surface area contributed by atoms with Crippen molar-refractivity contribution in [3.63, 3.8) is 0 Å². The molecule has 3 rings (SSSR count). The standard InChI is InChI=1S/C14H20N2O/c1-16-8-11(9-16)10-17-14-6-2-5-13-12(14)4-3-7-15-13/h2,5-6,11,15H,3-4,7-10H2,1H3. The molecule has 2 heterocycles. The summed E-state index contributed by atoms with van der Waals surface area (Å²) in [6.07, 6.45) is 2.35. The molecule has 0 spiro atoms. The van der Waals surface area contributed by atoms with Gasteiger partial charge in [-0.15, -0.1) is 0 Å². The van der Waals surface area contributed by atoms with Gasteiger partial charge in [0.15, 0.2) is 0 Å². The summed E-state index contributed by atoms with van der Waals surface area (Å²) >= 11 is 0. The van der Waals surface area contributed by atoms with Gasteiger partial charge in [-0.1, -0.05) is 6.07 Å². The van der Waals surface area contributed by atoms with Crippen molar-refractivity contribution in [2.45, 2.75) is 12.8 Å². The zero-order chi connectivity index (χ0) is 11.7. The SMILES string of the molecule is CN1CC(COc2cccc3c2CCCN3)C1. The van der Waals surface area contributed by atoms with Crippen molar-refractivity contribution in [1.82, 2.24) is 4.90 Å². The lowest BCUT2D eigenvalue weighted by Crippen LogP contribution is -2.46. The van der Waals surface area contributed by atoms with Crippen LogP contribution in [-0.4, -0.2) is 38.2 Å². The highest BCUT2D eigenvalue weighted by Gasteiger charge is 2.24. The van der Waals surface area contributed by atoms with Crippen molar-refractivity contribution in [1.29, 1.82) is 0 Å². The summed E-state index contributed by atoms with van der Waals surface area (Å²) in [5.74, 6) is 1.80. The second kappa shape index (κ2) is 4.57. The minimum Gasteiger partial charge on any atom is -0.493 e. The lowest BCUT2D eigenvalue weighted by atomic mass is 10.0. The molecule has 2 aliphatic rings. The molecule has 1 fully saturated rings. The van der Waals surface area contributed by atoms with Crippen molar-refractivity contribution in [2.24, 2.45) is 5.92 Å². The highest BCUT2D eigenvalue weighted by Crippen LogP contribution is 2.31. The van der Waals surface area contributed by atoms with Crippen LogP contribution in [0.3, 0.4) is 0 Å². The summed E-state index contributed by atoms with van der Waals surface area (Å²) in [7, 11) is 2.16. The van der Waals surface area contributed by atoms with Crippen LogP contribution in [0.1, 0.15) is 12.0 Å². The maximum atomic E-state index is 5.99. The number of rotatable bonds is 3. The predicted octanol–water partition coefficient (Wildman–Crippen LogP) is 1.99. The van der Waals surface area contributed by atoms with Gasteiger partial charge in [-0.05, 0) is 32.0 Å². The van der Waals surface area contributed by atoms with Gasteiger partial charge in [0, 0.05) is 36.8 Å². The van der Waals surface area contributed by atoms with Crippen LogP contribution >= 0.6 is 0 Å². The van der Waals surface area contributed by atoms with Gasteiger partial charge in [-0.3, -0.25) is 0 Å². The van der Waals surface area contributed by atoms with Gasteiger partial charge in [0.2, 0.25) is 0 Å². The lowest BCUT2D eigenvalue weighted by Gasteiger charge is -2.36. The van der Waals surface area contributed by atoms with E-state index < -0.39 is 0 Å². The zero-order valence-electron chi connectivity index (χ0n) is 10.4. The molecule has 0 aliphatic carbocycles. The van der Waals surface area contributed by atoms with Crippen molar-refractivity contribution in [3.05, 3.63) is 23.8 Å². The van der Waals surface area contributed by atoms with Gasteiger partial charge in [0.25, 0.3) is 0 Å². The van der Waals surface area contributed by atoms with Gasteiger partial charge in [0.1, 0.15) is 5.75 Å². The van der Waals surface area contributed by atoms with E-state index in [9.17, 15) is 0 Å². The molecule has 0 aromatic heterocycles. The predicted molar refractivity (Wildman–Crippen MR) is 69.7 cm³/mol. The Morgan fingerprint density at radius 3 is 3.12 bits per heavy atom. The second-order valence-electron chi connectivity index (χ2n) is 5.21. The first-order valence-corrected chi connectivity index (χ1v) is 6.50. The highest BCUT2D eigenvalue weighted by atomic mass is 16.5. The number of likely N-dealkylation sites (tertiary alicyclic amines) is 1. The first-order chi connectivity index (χ1) is 8.33. The fraction of sp³-hybridized carbons (Fsp3) is 0.571. The van der Waals surface area contributed by atoms with Gasteiger partial charge in [0.05, 0.1) is 6.61 Å². The molecule has 0 saturated carbocycles. The second-order valence-corrected chi connectivity index (χ2v) is 5.21. The molecular formula is C14H20N2O. The quantitative estimate of drug-likeness (QED) is 0.862. The Hall–Kier alpha value is -1.22. The minimum absolute atomic E-state index is 0.715. The Balaban J connectivity index is 1.66. The van der Waals surface area contributed by atoms with E-state index >= 15 is 0 Å². The summed E-state index contributed by atoms with van der Waals surface area (Å²) in [6, 6.07) is 6.34. The lowest BCUT2D eigenvalue weighted by molar-refractivity contribution is 0.0853. The molecule has 1 saturated heterocycles. The van der Waals surface area contributed by atoms with E-state index in [0.29, 0.717) is 5.92 Å². The molecule has 0 bridgehead atoms. The molecule has 17 heavy (non-hydrogen) atoms. The Bertz CT molecular complexity index is 399. The normalized spacial score (nSPS) is 20.3. The number of nitrogens with one attached hydrogen (secondary N) is 1. The Labute approximate surface area is 103 Å². The van der Waals surface area contributed by atoms with Crippen LogP contribution in [0.4, 0.5) is 5.69 Å². The largest absolute Gasteiger partial charge is 0.493 e. The van der Waals surface area contributed by atoms with Crippen LogP contribution in [0.5, 0.6) is 5.75 Å². The van der Waals surface area contributed by atoms with E-state index in [1.165, 1.54) is 30.8 Å². The van der Waals surface area contributed by atoms with E-state index in [1.54, 1.807) is 0 Å². The number of anilines is 1. The van der Waals surface area contributed by atoms with E-state index in [-0.39, 0.29) is 0 Å². The average Bonchev–Trinajstić information content (AvgIpc) is 2.33. The maximum absolute atomic E-state index is 5.99. The molecule has 3 heteroatoms. The van der Waals surface area contributed by atoms with E-state index in [4.69, 9.17) is 4.74 Å². The molecule has 0 amide bonds. The molecule has 1 N–H and O–H groups in total. The number of hydrogen-bond donors (Lipinski definition) is 1. The summed E-state index contributed by atoms with van der Waals surface area (Å²) in [4.78, 5) is 2.33. The van der Waals surface area contributed by atoms with Crippen LogP contribution in [0.25, 0.3) is 0 Å². The molecule has 1 aromatic carbocycles. The first kappa shape index (κ1) is 10.9. The van der Waals surface area contributed by atoms with Crippen molar-refractivity contribution in [2.75, 3.05) is 38.6 Å². The minimum atomic E-state index is 0.715. The van der Waals surface area contributed by atoms with Gasteiger partial charge < -0.3 is 15.0 Å². The third-order valence-corrected chi connectivity index (χ3v) is 3.67. The van der Waals surface area contributed by atoms with Crippen molar-refractivity contribution >= 4 is 5.69 Å². The molecular weight excluding hydrogens is 212 g/mol. The Morgan fingerprint density at radius 2 is 2.29 bits per heavy atom. The fourth-order valence-corrected chi connectivity index (χ4v) is 2.75. The van der Waals surface area contributed by atoms with Gasteiger partial charge in [-0.25, -0.2) is 0 Å². The van der Waals surface area contributed by atoms with Crippen LogP contribution < -0.4 is 10.1 Å². The van der Waals surface area contributed by atoms with Crippen molar-refractivity contribution in [3.8, 4) is 5.75 Å². The summed E-state index contributed by atoms with van der Waals surface area (Å²) < 4.78 is 5.99. The monoisotopic (exact) mass is 232 g/mol. The van der Waals surface area contributed by atoms with E-state index in [1.807, 2.05) is 0 Å². The van der Waals surface area contributed by atoms with E-state index in [0.717, 1.165) is 25.3 Å². The molecule has 1 aromatic rings. The third kappa shape index (κ3) is 2.25. The summed E-state index contributed by atoms with van der Waals surface area (Å²) in [5.41, 5.74) is 2.63. The zero-order valence-corrected chi connectivity index (χ0v) is 10.4.